The highest BCUT2D eigenvalue weighted by Gasteiger charge is 2.41. The fourth-order valence-electron chi connectivity index (χ4n) is 2.69. The maximum atomic E-state index is 11.5. The molecule has 0 aliphatic carbocycles. The summed E-state index contributed by atoms with van der Waals surface area (Å²) < 4.78 is 24.9. The number of sulfone groups is 1. The molecule has 0 saturated carbocycles. The van der Waals surface area contributed by atoms with Crippen LogP contribution in [0.25, 0.3) is 11.0 Å². The maximum Gasteiger partial charge on any atom is 0.153 e. The second-order valence-electron chi connectivity index (χ2n) is 5.32. The van der Waals surface area contributed by atoms with Gasteiger partial charge in [-0.1, -0.05) is 12.1 Å². The van der Waals surface area contributed by atoms with Crippen LogP contribution in [-0.2, 0) is 23.3 Å². The Labute approximate surface area is 111 Å². The van der Waals surface area contributed by atoms with Gasteiger partial charge in [-0.2, -0.15) is 0 Å². The Morgan fingerprint density at radius 2 is 2.16 bits per heavy atom. The number of hydrogen-bond donors (Lipinski definition) is 1. The molecule has 1 N–H and O–H groups in total. The van der Waals surface area contributed by atoms with Gasteiger partial charge in [0.05, 0.1) is 28.1 Å². The van der Waals surface area contributed by atoms with Crippen molar-refractivity contribution in [2.45, 2.75) is 18.4 Å². The van der Waals surface area contributed by atoms with E-state index in [1.807, 2.05) is 35.9 Å². The third kappa shape index (κ3) is 2.26. The van der Waals surface area contributed by atoms with Crippen molar-refractivity contribution in [2.24, 2.45) is 7.05 Å². The van der Waals surface area contributed by atoms with E-state index in [0.29, 0.717) is 6.42 Å². The highest BCUT2D eigenvalue weighted by molar-refractivity contribution is 7.91. The fourth-order valence-corrected chi connectivity index (χ4v) is 4.59. The Hall–Kier alpha value is -1.40. The molecule has 3 rings (SSSR count). The third-order valence-electron chi connectivity index (χ3n) is 3.73. The van der Waals surface area contributed by atoms with Crippen LogP contribution in [0, 0.1) is 0 Å². The second kappa shape index (κ2) is 4.05. The predicted molar refractivity (Wildman–Crippen MR) is 72.6 cm³/mol. The minimum absolute atomic E-state index is 0.0629. The predicted octanol–water partition coefficient (Wildman–Crippen LogP) is 0.665. The Kier molecular flexibility index (Phi) is 2.69. The van der Waals surface area contributed by atoms with Gasteiger partial charge < -0.3 is 9.67 Å². The lowest BCUT2D eigenvalue weighted by Gasteiger charge is -2.19. The van der Waals surface area contributed by atoms with Gasteiger partial charge in [-0.05, 0) is 18.6 Å². The van der Waals surface area contributed by atoms with Crippen LogP contribution in [0.2, 0.25) is 0 Å². The largest absolute Gasteiger partial charge is 0.388 e. The van der Waals surface area contributed by atoms with Crippen LogP contribution in [0.5, 0.6) is 0 Å². The standard InChI is InChI=1S/C13H16N2O3S/c1-15-11-5-3-2-4-10(11)14-12(15)8-13(16)6-7-19(17,18)9-13/h2-5,16H,6-9H2,1H3. The first-order chi connectivity index (χ1) is 8.89. The van der Waals surface area contributed by atoms with E-state index in [-0.39, 0.29) is 17.9 Å². The Bertz CT molecular complexity index is 735. The summed E-state index contributed by atoms with van der Waals surface area (Å²) in [7, 11) is -1.22. The molecule has 6 heteroatoms. The number of rotatable bonds is 2. The first-order valence-corrected chi connectivity index (χ1v) is 8.04. The Morgan fingerprint density at radius 3 is 2.79 bits per heavy atom. The highest BCUT2D eigenvalue weighted by atomic mass is 32.2. The van der Waals surface area contributed by atoms with Crippen molar-refractivity contribution in [3.8, 4) is 0 Å². The van der Waals surface area contributed by atoms with Gasteiger partial charge in [0, 0.05) is 13.5 Å². The van der Waals surface area contributed by atoms with Crippen LogP contribution < -0.4 is 0 Å². The lowest BCUT2D eigenvalue weighted by Crippen LogP contribution is -2.33. The number of nitrogens with zero attached hydrogens (tertiary/aromatic N) is 2. The van der Waals surface area contributed by atoms with E-state index < -0.39 is 15.4 Å². The molecule has 1 aromatic heterocycles. The lowest BCUT2D eigenvalue weighted by atomic mass is 9.99. The van der Waals surface area contributed by atoms with Crippen LogP contribution in [0.15, 0.2) is 24.3 Å². The molecule has 5 nitrogen and oxygen atoms in total. The van der Waals surface area contributed by atoms with E-state index in [9.17, 15) is 13.5 Å². The van der Waals surface area contributed by atoms with Gasteiger partial charge in [0.25, 0.3) is 0 Å². The molecule has 1 atom stereocenters. The average molecular weight is 280 g/mol. The zero-order chi connectivity index (χ0) is 13.7. The van der Waals surface area contributed by atoms with E-state index in [4.69, 9.17) is 0 Å². The first kappa shape index (κ1) is 12.6. The van der Waals surface area contributed by atoms with Crippen molar-refractivity contribution < 1.29 is 13.5 Å². The summed E-state index contributed by atoms with van der Waals surface area (Å²) in [6.45, 7) is 0. The average Bonchev–Trinajstić information content (AvgIpc) is 2.78. The quantitative estimate of drug-likeness (QED) is 0.877. The van der Waals surface area contributed by atoms with Crippen molar-refractivity contribution in [3.05, 3.63) is 30.1 Å². The van der Waals surface area contributed by atoms with Gasteiger partial charge in [-0.3, -0.25) is 0 Å². The van der Waals surface area contributed by atoms with E-state index in [2.05, 4.69) is 4.98 Å². The second-order valence-corrected chi connectivity index (χ2v) is 7.50. The minimum atomic E-state index is -3.10. The summed E-state index contributed by atoms with van der Waals surface area (Å²) in [5, 5.41) is 10.4. The minimum Gasteiger partial charge on any atom is -0.388 e. The number of hydrogen-bond acceptors (Lipinski definition) is 4. The van der Waals surface area contributed by atoms with Crippen LogP contribution in [0.3, 0.4) is 0 Å². The van der Waals surface area contributed by atoms with Crippen molar-refractivity contribution >= 4 is 20.9 Å². The van der Waals surface area contributed by atoms with E-state index in [1.165, 1.54) is 0 Å². The summed E-state index contributed by atoms with van der Waals surface area (Å²) in [5.74, 6) is 0.622. The molecule has 2 heterocycles. The Morgan fingerprint density at radius 1 is 1.42 bits per heavy atom. The number of aliphatic hydroxyl groups is 1. The van der Waals surface area contributed by atoms with E-state index in [1.54, 1.807) is 0 Å². The number of imidazole rings is 1. The van der Waals surface area contributed by atoms with Gasteiger partial charge in [-0.15, -0.1) is 0 Å². The topological polar surface area (TPSA) is 72.2 Å². The summed E-state index contributed by atoms with van der Waals surface area (Å²) in [6, 6.07) is 7.71. The van der Waals surface area contributed by atoms with Crippen molar-refractivity contribution in [3.63, 3.8) is 0 Å². The van der Waals surface area contributed by atoms with Crippen LogP contribution in [-0.4, -0.2) is 40.2 Å². The molecule has 0 radical (unpaired) electrons. The molecule has 1 aliphatic rings. The Balaban J connectivity index is 1.96. The zero-order valence-electron chi connectivity index (χ0n) is 10.7. The molecule has 0 spiro atoms. The van der Waals surface area contributed by atoms with Gasteiger partial charge in [0.2, 0.25) is 0 Å². The van der Waals surface area contributed by atoms with Gasteiger partial charge in [0.1, 0.15) is 5.82 Å². The van der Waals surface area contributed by atoms with Crippen molar-refractivity contribution in [2.75, 3.05) is 11.5 Å². The highest BCUT2D eigenvalue weighted by Crippen LogP contribution is 2.28. The third-order valence-corrected chi connectivity index (χ3v) is 5.54. The number of aromatic nitrogens is 2. The number of para-hydroxylation sites is 2. The molecule has 0 amide bonds. The van der Waals surface area contributed by atoms with Crippen molar-refractivity contribution in [1.29, 1.82) is 0 Å². The van der Waals surface area contributed by atoms with Crippen LogP contribution in [0.1, 0.15) is 12.2 Å². The molecule has 0 bridgehead atoms. The molecule has 1 unspecified atom stereocenters. The number of aryl methyl sites for hydroxylation is 1. The molecule has 102 valence electrons. The van der Waals surface area contributed by atoms with Crippen LogP contribution >= 0.6 is 0 Å². The molecule has 1 fully saturated rings. The molecule has 2 aromatic rings. The molecule has 19 heavy (non-hydrogen) atoms. The SMILES string of the molecule is Cn1c(CC2(O)CCS(=O)(=O)C2)nc2ccccc21. The smallest absolute Gasteiger partial charge is 0.153 e. The summed E-state index contributed by atoms with van der Waals surface area (Å²) in [6.07, 6.45) is 0.565. The first-order valence-electron chi connectivity index (χ1n) is 6.22. The molecular weight excluding hydrogens is 264 g/mol. The normalized spacial score (nSPS) is 26.0. The maximum absolute atomic E-state index is 11.5. The molecular formula is C13H16N2O3S. The fraction of sp³-hybridized carbons (Fsp3) is 0.462. The number of benzene rings is 1. The monoisotopic (exact) mass is 280 g/mol. The van der Waals surface area contributed by atoms with Crippen LogP contribution in [0.4, 0.5) is 0 Å². The van der Waals surface area contributed by atoms with E-state index in [0.717, 1.165) is 16.9 Å². The summed E-state index contributed by atoms with van der Waals surface area (Å²) >= 11 is 0. The summed E-state index contributed by atoms with van der Waals surface area (Å²) in [4.78, 5) is 4.48. The van der Waals surface area contributed by atoms with Gasteiger partial charge in [-0.25, -0.2) is 13.4 Å². The van der Waals surface area contributed by atoms with Crippen molar-refractivity contribution in [1.82, 2.24) is 9.55 Å². The van der Waals surface area contributed by atoms with Gasteiger partial charge >= 0.3 is 0 Å². The molecule has 1 aromatic carbocycles. The van der Waals surface area contributed by atoms with E-state index >= 15 is 0 Å². The molecule has 1 saturated heterocycles. The zero-order valence-corrected chi connectivity index (χ0v) is 11.5. The van der Waals surface area contributed by atoms with Gasteiger partial charge in [0.15, 0.2) is 9.84 Å². The summed E-state index contributed by atoms with van der Waals surface area (Å²) in [5.41, 5.74) is 0.681. The number of fused-ring (bicyclic) bond motifs is 1. The lowest BCUT2D eigenvalue weighted by molar-refractivity contribution is 0.0655. The molecule has 1 aliphatic heterocycles.